The normalized spacial score (nSPS) is 15.6. The van der Waals surface area contributed by atoms with Gasteiger partial charge in [0.05, 0.1) is 6.54 Å². The molecule has 16 heavy (non-hydrogen) atoms. The Hall–Kier alpha value is -0.820. The zero-order valence-corrected chi connectivity index (χ0v) is 9.05. The van der Waals surface area contributed by atoms with Crippen LogP contribution in [0.2, 0.25) is 0 Å². The van der Waals surface area contributed by atoms with Crippen molar-refractivity contribution < 1.29 is 23.1 Å². The first-order valence-electron chi connectivity index (χ1n) is 5.01. The minimum Gasteiger partial charge on any atom is -0.382 e. The van der Waals surface area contributed by atoms with Crippen LogP contribution in [-0.2, 0) is 4.79 Å². The highest BCUT2D eigenvalue weighted by atomic mass is 19.4. The zero-order chi connectivity index (χ0) is 12.8. The fourth-order valence-electron chi connectivity index (χ4n) is 1.04. The molecule has 0 aliphatic carbocycles. The first-order valence-corrected chi connectivity index (χ1v) is 5.01. The molecule has 0 heterocycles. The van der Waals surface area contributed by atoms with Crippen molar-refractivity contribution in [3.63, 3.8) is 0 Å². The predicted molar refractivity (Wildman–Crippen MR) is 52.5 cm³/mol. The fraction of sp³-hybridized carbons (Fsp3) is 0.889. The molecule has 0 aliphatic rings. The van der Waals surface area contributed by atoms with Crippen LogP contribution in [0.5, 0.6) is 0 Å². The molecular weight excluding hydrogens is 225 g/mol. The van der Waals surface area contributed by atoms with Crippen molar-refractivity contribution in [2.24, 2.45) is 11.7 Å². The largest absolute Gasteiger partial charge is 0.416 e. The summed E-state index contributed by atoms with van der Waals surface area (Å²) in [7, 11) is 0. The lowest BCUT2D eigenvalue weighted by atomic mass is 10.0. The van der Waals surface area contributed by atoms with Gasteiger partial charge in [0.1, 0.15) is 0 Å². The Kier molecular flexibility index (Phi) is 6.35. The molecule has 96 valence electrons. The Morgan fingerprint density at radius 2 is 2.06 bits per heavy atom. The summed E-state index contributed by atoms with van der Waals surface area (Å²) in [5.74, 6) is -0.902. The molecule has 0 saturated carbocycles. The van der Waals surface area contributed by atoms with Crippen LogP contribution in [0.3, 0.4) is 0 Å². The van der Waals surface area contributed by atoms with Gasteiger partial charge in [0.15, 0.2) is 6.10 Å². The molecule has 0 saturated heterocycles. The van der Waals surface area contributed by atoms with Gasteiger partial charge in [0.25, 0.3) is 0 Å². The minimum absolute atomic E-state index is 0.399. The van der Waals surface area contributed by atoms with Gasteiger partial charge in [0, 0.05) is 5.92 Å². The van der Waals surface area contributed by atoms with Crippen LogP contribution < -0.4 is 11.1 Å². The number of nitrogens with two attached hydrogens (primary N) is 1. The van der Waals surface area contributed by atoms with Crippen LogP contribution in [0, 0.1) is 5.92 Å². The van der Waals surface area contributed by atoms with Gasteiger partial charge in [-0.1, -0.05) is 6.92 Å². The average Bonchev–Trinajstić information content (AvgIpc) is 2.20. The molecule has 2 unspecified atom stereocenters. The number of carbonyl (C=O) groups is 1. The number of carbonyl (C=O) groups excluding carboxylic acids is 1. The zero-order valence-electron chi connectivity index (χ0n) is 9.05. The molecule has 0 aromatic heterocycles. The summed E-state index contributed by atoms with van der Waals surface area (Å²) in [4.78, 5) is 11.2. The number of alkyl halides is 3. The highest BCUT2D eigenvalue weighted by Crippen LogP contribution is 2.19. The second kappa shape index (κ2) is 6.70. The topological polar surface area (TPSA) is 75.4 Å². The van der Waals surface area contributed by atoms with Gasteiger partial charge in [-0.3, -0.25) is 4.79 Å². The van der Waals surface area contributed by atoms with E-state index >= 15 is 0 Å². The number of hydrogen-bond acceptors (Lipinski definition) is 3. The molecule has 1 amide bonds. The number of aliphatic hydroxyl groups is 1. The van der Waals surface area contributed by atoms with Crippen LogP contribution >= 0.6 is 0 Å². The predicted octanol–water partition coefficient (Wildman–Crippen LogP) is 0.401. The van der Waals surface area contributed by atoms with E-state index in [9.17, 15) is 18.0 Å². The van der Waals surface area contributed by atoms with Gasteiger partial charge in [-0.05, 0) is 19.4 Å². The van der Waals surface area contributed by atoms with Crippen molar-refractivity contribution in [1.82, 2.24) is 5.32 Å². The molecule has 0 spiro atoms. The maximum absolute atomic E-state index is 11.9. The van der Waals surface area contributed by atoms with E-state index in [0.717, 1.165) is 0 Å². The Labute approximate surface area is 92.0 Å². The maximum atomic E-state index is 11.9. The van der Waals surface area contributed by atoms with Crippen molar-refractivity contribution in [3.05, 3.63) is 0 Å². The molecular formula is C9H17F3N2O2. The lowest BCUT2D eigenvalue weighted by Gasteiger charge is -2.17. The van der Waals surface area contributed by atoms with Gasteiger partial charge in [0.2, 0.25) is 5.91 Å². The van der Waals surface area contributed by atoms with E-state index in [1.807, 2.05) is 5.32 Å². The monoisotopic (exact) mass is 242 g/mol. The van der Waals surface area contributed by atoms with E-state index in [1.165, 1.54) is 0 Å². The Bertz CT molecular complexity index is 221. The number of hydrogen-bond donors (Lipinski definition) is 3. The smallest absolute Gasteiger partial charge is 0.382 e. The van der Waals surface area contributed by atoms with Crippen LogP contribution in [0.4, 0.5) is 13.2 Å². The number of rotatable bonds is 6. The second-order valence-corrected chi connectivity index (χ2v) is 3.63. The number of amides is 1. The van der Waals surface area contributed by atoms with Gasteiger partial charge in [-0.2, -0.15) is 13.2 Å². The van der Waals surface area contributed by atoms with Gasteiger partial charge in [-0.25, -0.2) is 0 Å². The molecule has 0 aliphatic heterocycles. The van der Waals surface area contributed by atoms with Crippen molar-refractivity contribution >= 4 is 5.91 Å². The standard InChI is InChI=1S/C9H17F3N2O2/c1-6(3-2-4-13)8(16)14-5-7(15)9(10,11)12/h6-7,15H,2-5,13H2,1H3,(H,14,16). The second-order valence-electron chi connectivity index (χ2n) is 3.63. The SMILES string of the molecule is CC(CCCN)C(=O)NCC(O)C(F)(F)F. The third kappa shape index (κ3) is 5.92. The average molecular weight is 242 g/mol. The highest BCUT2D eigenvalue weighted by molar-refractivity contribution is 5.78. The summed E-state index contributed by atoms with van der Waals surface area (Å²) in [6, 6.07) is 0. The highest BCUT2D eigenvalue weighted by Gasteiger charge is 2.38. The lowest BCUT2D eigenvalue weighted by molar-refractivity contribution is -0.202. The van der Waals surface area contributed by atoms with Crippen molar-refractivity contribution in [3.8, 4) is 0 Å². The quantitative estimate of drug-likeness (QED) is 0.631. The molecule has 0 bridgehead atoms. The third-order valence-electron chi connectivity index (χ3n) is 2.14. The molecule has 0 aromatic carbocycles. The van der Waals surface area contributed by atoms with Crippen LogP contribution in [0.15, 0.2) is 0 Å². The Balaban J connectivity index is 3.89. The Morgan fingerprint density at radius 3 is 2.50 bits per heavy atom. The molecule has 0 fully saturated rings. The van der Waals surface area contributed by atoms with Gasteiger partial charge >= 0.3 is 6.18 Å². The van der Waals surface area contributed by atoms with E-state index in [1.54, 1.807) is 6.92 Å². The summed E-state index contributed by atoms with van der Waals surface area (Å²) in [6.07, 6.45) is -6.06. The van der Waals surface area contributed by atoms with E-state index in [2.05, 4.69) is 0 Å². The molecule has 0 rings (SSSR count). The number of aliphatic hydroxyl groups excluding tert-OH is 1. The Morgan fingerprint density at radius 1 is 1.50 bits per heavy atom. The molecule has 0 radical (unpaired) electrons. The van der Waals surface area contributed by atoms with Crippen LogP contribution in [-0.4, -0.2) is 36.4 Å². The third-order valence-corrected chi connectivity index (χ3v) is 2.14. The molecule has 2 atom stereocenters. The summed E-state index contributed by atoms with van der Waals surface area (Å²) >= 11 is 0. The van der Waals surface area contributed by atoms with Crippen LogP contribution in [0.25, 0.3) is 0 Å². The molecule has 7 heteroatoms. The van der Waals surface area contributed by atoms with E-state index in [0.29, 0.717) is 19.4 Å². The first kappa shape index (κ1) is 15.2. The van der Waals surface area contributed by atoms with E-state index < -0.39 is 30.7 Å². The number of nitrogens with one attached hydrogen (secondary N) is 1. The fourth-order valence-corrected chi connectivity index (χ4v) is 1.04. The molecule has 0 aromatic rings. The number of halogens is 3. The van der Waals surface area contributed by atoms with Gasteiger partial charge < -0.3 is 16.2 Å². The van der Waals surface area contributed by atoms with E-state index in [-0.39, 0.29) is 0 Å². The first-order chi connectivity index (χ1) is 7.29. The summed E-state index contributed by atoms with van der Waals surface area (Å²) in [5.41, 5.74) is 5.24. The summed E-state index contributed by atoms with van der Waals surface area (Å²) in [6.45, 7) is 1.23. The summed E-state index contributed by atoms with van der Waals surface area (Å²) < 4.78 is 35.7. The van der Waals surface area contributed by atoms with Crippen molar-refractivity contribution in [2.75, 3.05) is 13.1 Å². The minimum atomic E-state index is -4.70. The van der Waals surface area contributed by atoms with Crippen LogP contribution in [0.1, 0.15) is 19.8 Å². The molecule has 4 N–H and O–H groups in total. The van der Waals surface area contributed by atoms with E-state index in [4.69, 9.17) is 10.8 Å². The van der Waals surface area contributed by atoms with Crippen molar-refractivity contribution in [1.29, 1.82) is 0 Å². The maximum Gasteiger partial charge on any atom is 0.416 e. The van der Waals surface area contributed by atoms with Crippen molar-refractivity contribution in [2.45, 2.75) is 32.0 Å². The molecule has 4 nitrogen and oxygen atoms in total. The van der Waals surface area contributed by atoms with Gasteiger partial charge in [-0.15, -0.1) is 0 Å². The summed E-state index contributed by atoms with van der Waals surface area (Å²) in [5, 5.41) is 10.7. The lowest BCUT2D eigenvalue weighted by Crippen LogP contribution is -2.42.